The highest BCUT2D eigenvalue weighted by molar-refractivity contribution is 5.33. The molecule has 0 aromatic heterocycles. The van der Waals surface area contributed by atoms with E-state index in [1.165, 1.54) is 0 Å². The molecule has 0 spiro atoms. The first-order valence-electron chi connectivity index (χ1n) is 6.27. The molecule has 1 aromatic rings. The largest absolute Gasteiger partial charge is 0.306 e. The molecule has 1 heteroatoms. The number of nitrogens with one attached hydrogen (secondary N) is 1. The van der Waals surface area contributed by atoms with Gasteiger partial charge in [-0.2, -0.15) is 0 Å². The van der Waals surface area contributed by atoms with Gasteiger partial charge in [0.05, 0.1) is 6.54 Å². The molecule has 0 aliphatic carbocycles. The fourth-order valence-corrected chi connectivity index (χ4v) is 1.32. The van der Waals surface area contributed by atoms with Gasteiger partial charge in [0.15, 0.2) is 0 Å². The maximum Gasteiger partial charge on any atom is 0.0580 e. The highest BCUT2D eigenvalue weighted by Gasteiger charge is 2.20. The third-order valence-electron chi connectivity index (χ3n) is 3.36. The topological polar surface area (TPSA) is 12.0 Å². The second kappa shape index (κ2) is 6.47. The van der Waals surface area contributed by atoms with E-state index in [-0.39, 0.29) is 0 Å². The fraction of sp³-hybridized carbons (Fsp3) is 0.500. The molecule has 0 bridgehead atoms. The summed E-state index contributed by atoms with van der Waals surface area (Å²) >= 11 is 0. The van der Waals surface area contributed by atoms with Crippen molar-refractivity contribution in [3.8, 4) is 11.8 Å². The lowest BCUT2D eigenvalue weighted by Gasteiger charge is -2.29. The van der Waals surface area contributed by atoms with Crippen LogP contribution >= 0.6 is 0 Å². The van der Waals surface area contributed by atoms with Crippen LogP contribution in [0.5, 0.6) is 0 Å². The molecule has 0 aliphatic heterocycles. The van der Waals surface area contributed by atoms with E-state index in [1.807, 2.05) is 30.3 Å². The number of hydrogen-bond donors (Lipinski definition) is 1. The van der Waals surface area contributed by atoms with Gasteiger partial charge in [-0.1, -0.05) is 57.7 Å². The van der Waals surface area contributed by atoms with Crippen molar-refractivity contribution in [1.82, 2.24) is 5.32 Å². The Morgan fingerprint density at radius 1 is 1.18 bits per heavy atom. The van der Waals surface area contributed by atoms with Gasteiger partial charge in [-0.25, -0.2) is 0 Å². The Balaban J connectivity index is 2.32. The van der Waals surface area contributed by atoms with Gasteiger partial charge in [-0.3, -0.25) is 0 Å². The minimum absolute atomic E-state index is 0.328. The van der Waals surface area contributed by atoms with Crippen LogP contribution in [0.3, 0.4) is 0 Å². The van der Waals surface area contributed by atoms with Gasteiger partial charge in [0, 0.05) is 12.1 Å². The summed E-state index contributed by atoms with van der Waals surface area (Å²) in [5.41, 5.74) is 1.41. The minimum Gasteiger partial charge on any atom is -0.306 e. The maximum atomic E-state index is 3.40. The molecule has 0 amide bonds. The second-order valence-electron chi connectivity index (χ2n) is 5.41. The molecule has 1 aromatic carbocycles. The summed E-state index contributed by atoms with van der Waals surface area (Å²) < 4.78 is 0. The van der Waals surface area contributed by atoms with E-state index in [9.17, 15) is 0 Å². The highest BCUT2D eigenvalue weighted by Crippen LogP contribution is 2.24. The predicted molar refractivity (Wildman–Crippen MR) is 74.8 cm³/mol. The maximum absolute atomic E-state index is 3.40. The van der Waals surface area contributed by atoms with Crippen LogP contribution in [0.4, 0.5) is 0 Å². The molecule has 0 fully saturated rings. The Labute approximate surface area is 106 Å². The monoisotopic (exact) mass is 229 g/mol. The third-order valence-corrected chi connectivity index (χ3v) is 3.36. The second-order valence-corrected chi connectivity index (χ2v) is 5.41. The molecule has 1 nitrogen and oxygen atoms in total. The van der Waals surface area contributed by atoms with Gasteiger partial charge in [0.2, 0.25) is 0 Å². The lowest BCUT2D eigenvalue weighted by molar-refractivity contribution is 0.242. The Bertz CT molecular complexity index is 379. The summed E-state index contributed by atoms with van der Waals surface area (Å²) in [4.78, 5) is 0. The molecule has 0 saturated heterocycles. The lowest BCUT2D eigenvalue weighted by Crippen LogP contribution is -2.33. The summed E-state index contributed by atoms with van der Waals surface area (Å²) in [5.74, 6) is 6.98. The molecule has 0 atom stereocenters. The number of hydrogen-bond acceptors (Lipinski definition) is 1. The van der Waals surface area contributed by atoms with Gasteiger partial charge >= 0.3 is 0 Å². The van der Waals surface area contributed by atoms with Gasteiger partial charge < -0.3 is 5.32 Å². The first-order chi connectivity index (χ1) is 8.02. The zero-order chi connectivity index (χ0) is 12.7. The van der Waals surface area contributed by atoms with E-state index < -0.39 is 0 Å². The molecule has 1 N–H and O–H groups in total. The predicted octanol–water partition coefficient (Wildman–Crippen LogP) is 3.31. The van der Waals surface area contributed by atoms with E-state index in [4.69, 9.17) is 0 Å². The molecule has 0 radical (unpaired) electrons. The Morgan fingerprint density at radius 3 is 2.41 bits per heavy atom. The van der Waals surface area contributed by atoms with E-state index in [1.54, 1.807) is 0 Å². The van der Waals surface area contributed by atoms with Crippen molar-refractivity contribution in [3.63, 3.8) is 0 Å². The van der Waals surface area contributed by atoms with E-state index in [0.717, 1.165) is 18.7 Å². The first-order valence-corrected chi connectivity index (χ1v) is 6.27. The molecular formula is C16H23N. The molecule has 0 heterocycles. The van der Waals surface area contributed by atoms with Gasteiger partial charge in [0.1, 0.15) is 0 Å². The summed E-state index contributed by atoms with van der Waals surface area (Å²) in [6, 6.07) is 10.1. The fourth-order valence-electron chi connectivity index (χ4n) is 1.32. The average molecular weight is 229 g/mol. The van der Waals surface area contributed by atoms with Crippen molar-refractivity contribution in [2.75, 3.05) is 13.1 Å². The van der Waals surface area contributed by atoms with E-state index in [2.05, 4.69) is 44.9 Å². The van der Waals surface area contributed by atoms with Gasteiger partial charge in [-0.05, 0) is 23.5 Å². The summed E-state index contributed by atoms with van der Waals surface area (Å²) in [7, 11) is 0. The Hall–Kier alpha value is -1.26. The smallest absolute Gasteiger partial charge is 0.0580 e. The molecule has 0 aliphatic rings. The Morgan fingerprint density at radius 2 is 1.82 bits per heavy atom. The lowest BCUT2D eigenvalue weighted by atomic mass is 9.81. The van der Waals surface area contributed by atoms with Crippen molar-refractivity contribution in [2.45, 2.75) is 27.7 Å². The molecule has 0 unspecified atom stereocenters. The van der Waals surface area contributed by atoms with Crippen molar-refractivity contribution in [3.05, 3.63) is 35.9 Å². The minimum atomic E-state index is 0.328. The number of benzene rings is 1. The van der Waals surface area contributed by atoms with Crippen LogP contribution in [0.15, 0.2) is 30.3 Å². The molecule has 92 valence electrons. The van der Waals surface area contributed by atoms with E-state index in [0.29, 0.717) is 11.3 Å². The van der Waals surface area contributed by atoms with Gasteiger partial charge in [-0.15, -0.1) is 0 Å². The van der Waals surface area contributed by atoms with E-state index >= 15 is 0 Å². The molecular weight excluding hydrogens is 206 g/mol. The summed E-state index contributed by atoms with van der Waals surface area (Å²) in [5, 5.41) is 3.40. The van der Waals surface area contributed by atoms with Crippen LogP contribution < -0.4 is 5.32 Å². The average Bonchev–Trinajstić information content (AvgIpc) is 2.29. The highest BCUT2D eigenvalue weighted by atomic mass is 14.9. The van der Waals surface area contributed by atoms with Crippen molar-refractivity contribution >= 4 is 0 Å². The zero-order valence-electron chi connectivity index (χ0n) is 11.4. The number of rotatable bonds is 4. The summed E-state index contributed by atoms with van der Waals surface area (Å²) in [6.45, 7) is 10.9. The van der Waals surface area contributed by atoms with Crippen LogP contribution in [-0.4, -0.2) is 13.1 Å². The molecule has 0 saturated carbocycles. The SMILES string of the molecule is CC(C)C(C)(C)CNCC#Cc1ccccc1. The van der Waals surface area contributed by atoms with Crippen molar-refractivity contribution in [2.24, 2.45) is 11.3 Å². The molecule has 1 rings (SSSR count). The normalized spacial score (nSPS) is 11.1. The zero-order valence-corrected chi connectivity index (χ0v) is 11.4. The van der Waals surface area contributed by atoms with Crippen molar-refractivity contribution < 1.29 is 0 Å². The summed E-state index contributed by atoms with van der Waals surface area (Å²) in [6.07, 6.45) is 0. The van der Waals surface area contributed by atoms with Crippen LogP contribution in [0.1, 0.15) is 33.3 Å². The van der Waals surface area contributed by atoms with Crippen molar-refractivity contribution in [1.29, 1.82) is 0 Å². The third kappa shape index (κ3) is 5.06. The van der Waals surface area contributed by atoms with Crippen LogP contribution in [0, 0.1) is 23.2 Å². The standard InChI is InChI=1S/C16H23N/c1-14(2)16(3,4)13-17-12-8-11-15-9-6-5-7-10-15/h5-7,9-10,14,17H,12-13H2,1-4H3. The Kier molecular flexibility index (Phi) is 5.25. The van der Waals surface area contributed by atoms with Crippen LogP contribution in [-0.2, 0) is 0 Å². The quantitative estimate of drug-likeness (QED) is 0.617. The van der Waals surface area contributed by atoms with Crippen LogP contribution in [0.2, 0.25) is 0 Å². The molecule has 17 heavy (non-hydrogen) atoms. The van der Waals surface area contributed by atoms with Crippen LogP contribution in [0.25, 0.3) is 0 Å². The van der Waals surface area contributed by atoms with Gasteiger partial charge in [0.25, 0.3) is 0 Å². The first kappa shape index (κ1) is 13.8.